The number of carbonyl (C=O) groups excluding carboxylic acids is 2. The molecule has 1 saturated heterocycles. The second-order valence-corrected chi connectivity index (χ2v) is 9.74. The maximum atomic E-state index is 14.5. The Kier molecular flexibility index (Phi) is 6.32. The van der Waals surface area contributed by atoms with Crippen LogP contribution in [0.5, 0.6) is 0 Å². The first-order valence-corrected chi connectivity index (χ1v) is 11.5. The van der Waals surface area contributed by atoms with Crippen molar-refractivity contribution in [2.45, 2.75) is 31.8 Å². The average molecular weight is 589 g/mol. The quantitative estimate of drug-likeness (QED) is 0.381. The lowest BCUT2D eigenvalue weighted by Gasteiger charge is -2.46. The van der Waals surface area contributed by atoms with Gasteiger partial charge in [-0.25, -0.2) is 18.2 Å². The first kappa shape index (κ1) is 23.8. The van der Waals surface area contributed by atoms with Crippen LogP contribution in [0.4, 0.5) is 18.9 Å². The third kappa shape index (κ3) is 4.17. The summed E-state index contributed by atoms with van der Waals surface area (Å²) < 4.78 is 42.4. The topological polar surface area (TPSA) is 72.9 Å². The standard InChI is InChI=1S/C22H18Br2F3N3O3/c1-22-5-2-6-30(22)29(10-11-3-4-12(23)7-14(11)25)21(33)17(19(22)31)20(32)28-13-8-15(26)18(24)16(27)9-13/h3-4,7-9,31H,2,5-6,10H2,1H3,(H,28,32). The molecule has 2 aromatic carbocycles. The van der Waals surface area contributed by atoms with Crippen LogP contribution in [-0.4, -0.2) is 39.0 Å². The molecule has 2 N–H and O–H groups in total. The van der Waals surface area contributed by atoms with Crippen molar-refractivity contribution < 1.29 is 27.9 Å². The van der Waals surface area contributed by atoms with E-state index in [2.05, 4.69) is 37.2 Å². The number of rotatable bonds is 4. The lowest BCUT2D eigenvalue weighted by atomic mass is 9.90. The van der Waals surface area contributed by atoms with Gasteiger partial charge in [0.2, 0.25) is 0 Å². The van der Waals surface area contributed by atoms with E-state index >= 15 is 0 Å². The van der Waals surface area contributed by atoms with E-state index in [0.29, 0.717) is 23.9 Å². The van der Waals surface area contributed by atoms with Crippen molar-refractivity contribution in [1.82, 2.24) is 10.0 Å². The van der Waals surface area contributed by atoms with Gasteiger partial charge in [-0.15, -0.1) is 0 Å². The van der Waals surface area contributed by atoms with Crippen molar-refractivity contribution in [2.75, 3.05) is 11.9 Å². The number of aliphatic hydroxyl groups is 1. The van der Waals surface area contributed by atoms with Crippen LogP contribution in [0.15, 0.2) is 50.6 Å². The van der Waals surface area contributed by atoms with Gasteiger partial charge >= 0.3 is 0 Å². The van der Waals surface area contributed by atoms with Gasteiger partial charge in [-0.3, -0.25) is 14.6 Å². The largest absolute Gasteiger partial charge is 0.509 e. The zero-order chi connectivity index (χ0) is 24.1. The maximum Gasteiger partial charge on any atom is 0.277 e. The number of anilines is 1. The van der Waals surface area contributed by atoms with E-state index in [-0.39, 0.29) is 17.8 Å². The van der Waals surface area contributed by atoms with E-state index in [9.17, 15) is 27.9 Å². The summed E-state index contributed by atoms with van der Waals surface area (Å²) in [5.41, 5.74) is -1.63. The zero-order valence-electron chi connectivity index (χ0n) is 17.3. The van der Waals surface area contributed by atoms with Crippen molar-refractivity contribution in [3.8, 4) is 0 Å². The molecule has 0 bridgehead atoms. The molecule has 1 atom stereocenters. The number of aliphatic hydroxyl groups excluding tert-OH is 1. The molecule has 33 heavy (non-hydrogen) atoms. The molecule has 4 rings (SSSR count). The van der Waals surface area contributed by atoms with Crippen molar-refractivity contribution in [1.29, 1.82) is 0 Å². The molecule has 2 aliphatic heterocycles. The molecule has 2 amide bonds. The summed E-state index contributed by atoms with van der Waals surface area (Å²) in [6, 6.07) is 6.19. The predicted molar refractivity (Wildman–Crippen MR) is 121 cm³/mol. The van der Waals surface area contributed by atoms with Crippen LogP contribution in [0.2, 0.25) is 0 Å². The zero-order valence-corrected chi connectivity index (χ0v) is 20.4. The first-order valence-electron chi connectivity index (χ1n) is 9.96. The minimum atomic E-state index is -1.07. The number of fused-ring (bicyclic) bond motifs is 1. The molecule has 1 fully saturated rings. The fourth-order valence-corrected chi connectivity index (χ4v) is 4.74. The molecule has 2 heterocycles. The van der Waals surface area contributed by atoms with Crippen molar-refractivity contribution in [3.63, 3.8) is 0 Å². The van der Waals surface area contributed by atoms with Gasteiger partial charge in [-0.2, -0.15) is 0 Å². The lowest BCUT2D eigenvalue weighted by Crippen LogP contribution is -2.60. The first-order chi connectivity index (χ1) is 15.5. The second-order valence-electron chi connectivity index (χ2n) is 8.03. The summed E-state index contributed by atoms with van der Waals surface area (Å²) in [6.45, 7) is 1.93. The molecule has 2 aromatic rings. The van der Waals surface area contributed by atoms with Crippen molar-refractivity contribution in [2.24, 2.45) is 0 Å². The fourth-order valence-electron chi connectivity index (χ4n) is 4.18. The molecule has 0 aliphatic carbocycles. The summed E-state index contributed by atoms with van der Waals surface area (Å²) in [6.07, 6.45) is 1.08. The number of carbonyl (C=O) groups is 2. The SMILES string of the molecule is CC12CCCN1N(Cc1ccc(Br)cc1F)C(=O)C(C(=O)Nc1cc(F)c(Br)c(F)c1)=C2O. The third-order valence-electron chi connectivity index (χ3n) is 5.89. The van der Waals surface area contributed by atoms with Gasteiger partial charge in [0.1, 0.15) is 28.8 Å². The average Bonchev–Trinajstić information content (AvgIpc) is 3.14. The van der Waals surface area contributed by atoms with Crippen molar-refractivity contribution in [3.05, 3.63) is 73.6 Å². The number of nitrogens with one attached hydrogen (secondary N) is 1. The van der Waals surface area contributed by atoms with Crippen LogP contribution < -0.4 is 5.32 Å². The Labute approximate surface area is 204 Å². The van der Waals surface area contributed by atoms with Crippen LogP contribution in [0.25, 0.3) is 0 Å². The van der Waals surface area contributed by atoms with Crippen LogP contribution in [0, 0.1) is 17.5 Å². The Morgan fingerprint density at radius 1 is 1.15 bits per heavy atom. The number of amides is 2. The minimum absolute atomic E-state index is 0.168. The van der Waals surface area contributed by atoms with Gasteiger partial charge in [-0.05, 0) is 60.0 Å². The number of hydrogen-bond donors (Lipinski definition) is 2. The maximum absolute atomic E-state index is 14.5. The summed E-state index contributed by atoms with van der Waals surface area (Å²) in [7, 11) is 0. The van der Waals surface area contributed by atoms with Crippen LogP contribution in [0.3, 0.4) is 0 Å². The van der Waals surface area contributed by atoms with Crippen molar-refractivity contribution >= 4 is 49.4 Å². The molecule has 6 nitrogen and oxygen atoms in total. The lowest BCUT2D eigenvalue weighted by molar-refractivity contribution is -0.160. The molecule has 0 radical (unpaired) electrons. The summed E-state index contributed by atoms with van der Waals surface area (Å²) in [5.74, 6) is -4.73. The highest BCUT2D eigenvalue weighted by atomic mass is 79.9. The Hall–Kier alpha value is -2.37. The van der Waals surface area contributed by atoms with Crippen LogP contribution in [-0.2, 0) is 16.1 Å². The summed E-state index contributed by atoms with van der Waals surface area (Å²) in [5, 5.41) is 16.1. The van der Waals surface area contributed by atoms with Gasteiger partial charge in [0.25, 0.3) is 11.8 Å². The number of hydrazine groups is 1. The monoisotopic (exact) mass is 587 g/mol. The number of nitrogens with zero attached hydrogens (tertiary/aromatic N) is 2. The molecule has 11 heteroatoms. The third-order valence-corrected chi connectivity index (χ3v) is 7.14. The molecule has 174 valence electrons. The Morgan fingerprint density at radius 3 is 2.45 bits per heavy atom. The molecule has 0 spiro atoms. The number of benzene rings is 2. The van der Waals surface area contributed by atoms with Gasteiger partial charge in [0.05, 0.1) is 16.6 Å². The summed E-state index contributed by atoms with van der Waals surface area (Å²) >= 11 is 5.94. The van der Waals surface area contributed by atoms with E-state index in [1.54, 1.807) is 18.0 Å². The van der Waals surface area contributed by atoms with Gasteiger partial charge < -0.3 is 10.4 Å². The highest BCUT2D eigenvalue weighted by Gasteiger charge is 2.52. The van der Waals surface area contributed by atoms with Crippen LogP contribution in [0.1, 0.15) is 25.3 Å². The van der Waals surface area contributed by atoms with Gasteiger partial charge in [0, 0.05) is 22.3 Å². The number of halogens is 5. The Bertz CT molecular complexity index is 1180. The van der Waals surface area contributed by atoms with E-state index in [0.717, 1.165) is 12.1 Å². The van der Waals surface area contributed by atoms with Crippen LogP contribution >= 0.6 is 31.9 Å². The van der Waals surface area contributed by atoms with E-state index < -0.39 is 50.6 Å². The molecule has 0 aromatic heterocycles. The molecule has 0 saturated carbocycles. The predicted octanol–water partition coefficient (Wildman–Crippen LogP) is 5.19. The molecule has 2 aliphatic rings. The minimum Gasteiger partial charge on any atom is -0.509 e. The van der Waals surface area contributed by atoms with E-state index in [4.69, 9.17) is 0 Å². The Balaban J connectivity index is 1.71. The highest BCUT2D eigenvalue weighted by molar-refractivity contribution is 9.10. The summed E-state index contributed by atoms with van der Waals surface area (Å²) in [4.78, 5) is 26.3. The second kappa shape index (κ2) is 8.77. The molecular weight excluding hydrogens is 571 g/mol. The molecular formula is C22H18Br2F3N3O3. The van der Waals surface area contributed by atoms with E-state index in [1.165, 1.54) is 17.1 Å². The number of hydrogen-bond acceptors (Lipinski definition) is 4. The highest BCUT2D eigenvalue weighted by Crippen LogP contribution is 2.42. The normalized spacial score (nSPS) is 20.9. The smallest absolute Gasteiger partial charge is 0.277 e. The molecule has 1 unspecified atom stereocenters. The van der Waals surface area contributed by atoms with Gasteiger partial charge in [0.15, 0.2) is 0 Å². The Morgan fingerprint density at radius 2 is 1.82 bits per heavy atom. The van der Waals surface area contributed by atoms with E-state index in [1.807, 2.05) is 0 Å². The van der Waals surface area contributed by atoms with Gasteiger partial charge in [-0.1, -0.05) is 22.0 Å². The fraction of sp³-hybridized carbons (Fsp3) is 0.273.